The Morgan fingerprint density at radius 3 is 2.96 bits per heavy atom. The molecular weight excluding hydrogens is 368 g/mol. The Labute approximate surface area is 167 Å². The van der Waals surface area contributed by atoms with Gasteiger partial charge >= 0.3 is 0 Å². The molecule has 4 heterocycles. The van der Waals surface area contributed by atoms with Gasteiger partial charge in [-0.1, -0.05) is 11.3 Å². The van der Waals surface area contributed by atoms with Gasteiger partial charge in [-0.25, -0.2) is 9.50 Å². The first-order valence-corrected chi connectivity index (χ1v) is 10.9. The highest BCUT2D eigenvalue weighted by Gasteiger charge is 2.42. The first-order chi connectivity index (χ1) is 13.6. The maximum Gasteiger partial charge on any atom is 0.212 e. The van der Waals surface area contributed by atoms with Gasteiger partial charge in [-0.2, -0.15) is 10.2 Å². The molecule has 7 heteroatoms. The van der Waals surface area contributed by atoms with Gasteiger partial charge in [0.25, 0.3) is 0 Å². The summed E-state index contributed by atoms with van der Waals surface area (Å²) in [7, 11) is 1.97. The maximum atomic E-state index is 4.97. The lowest BCUT2D eigenvalue weighted by molar-refractivity contribution is 0.331. The van der Waals surface area contributed by atoms with Crippen molar-refractivity contribution in [3.8, 4) is 10.6 Å². The zero-order chi connectivity index (χ0) is 18.9. The van der Waals surface area contributed by atoms with Crippen LogP contribution in [0.25, 0.3) is 26.4 Å². The molecule has 6 nitrogen and oxygen atoms in total. The number of rotatable bonds is 2. The van der Waals surface area contributed by atoms with Crippen molar-refractivity contribution in [2.75, 3.05) is 13.1 Å². The zero-order valence-corrected chi connectivity index (χ0v) is 17.1. The summed E-state index contributed by atoms with van der Waals surface area (Å²) in [5.41, 5.74) is 5.14. The monoisotopic (exact) mass is 392 g/mol. The smallest absolute Gasteiger partial charge is 0.212 e. The molecule has 1 aliphatic heterocycles. The third kappa shape index (κ3) is 2.53. The van der Waals surface area contributed by atoms with Crippen LogP contribution >= 0.6 is 11.3 Å². The minimum absolute atomic E-state index is 0.525. The Morgan fingerprint density at radius 1 is 1.21 bits per heavy atom. The normalized spacial score (nSPS) is 25.0. The SMILES string of the molecule is Cc1cc(-c2nn3cc([C@H]4CC[C@@]5(CCNC5)C4)nc3s2)cc2cn(C)nc12. The fraction of sp³-hybridized carbons (Fsp3) is 0.476. The molecule has 0 radical (unpaired) electrons. The number of fused-ring (bicyclic) bond motifs is 2. The predicted molar refractivity (Wildman–Crippen MR) is 112 cm³/mol. The van der Waals surface area contributed by atoms with Crippen LogP contribution in [0.2, 0.25) is 0 Å². The van der Waals surface area contributed by atoms with E-state index in [1.54, 1.807) is 11.3 Å². The molecule has 3 aromatic heterocycles. The summed E-state index contributed by atoms with van der Waals surface area (Å²) >= 11 is 1.68. The van der Waals surface area contributed by atoms with E-state index in [2.05, 4.69) is 41.9 Å². The van der Waals surface area contributed by atoms with E-state index >= 15 is 0 Å². The number of aromatic nitrogens is 5. The molecule has 1 aromatic carbocycles. The van der Waals surface area contributed by atoms with Crippen LogP contribution in [0.3, 0.4) is 0 Å². The fourth-order valence-electron chi connectivity index (χ4n) is 5.23. The molecule has 0 unspecified atom stereocenters. The van der Waals surface area contributed by atoms with E-state index < -0.39 is 0 Å². The number of benzene rings is 1. The first-order valence-electron chi connectivity index (χ1n) is 10.1. The number of imidazole rings is 1. The molecule has 1 N–H and O–H groups in total. The molecule has 0 amide bonds. The van der Waals surface area contributed by atoms with Gasteiger partial charge < -0.3 is 5.32 Å². The van der Waals surface area contributed by atoms with Crippen LogP contribution < -0.4 is 5.32 Å². The number of hydrogen-bond donors (Lipinski definition) is 1. The van der Waals surface area contributed by atoms with Gasteiger partial charge in [0.1, 0.15) is 5.01 Å². The Bertz CT molecular complexity index is 1160. The van der Waals surface area contributed by atoms with Crippen LogP contribution in [0.1, 0.15) is 42.9 Å². The zero-order valence-electron chi connectivity index (χ0n) is 16.3. The average Bonchev–Trinajstić information content (AvgIpc) is 3.44. The van der Waals surface area contributed by atoms with Crippen LogP contribution in [0.15, 0.2) is 24.5 Å². The summed E-state index contributed by atoms with van der Waals surface area (Å²) in [6.07, 6.45) is 9.42. The van der Waals surface area contributed by atoms with Gasteiger partial charge in [0.15, 0.2) is 0 Å². The van der Waals surface area contributed by atoms with Crippen molar-refractivity contribution in [1.82, 2.24) is 29.7 Å². The lowest BCUT2D eigenvalue weighted by Crippen LogP contribution is -2.20. The summed E-state index contributed by atoms with van der Waals surface area (Å²) in [5.74, 6) is 0.589. The predicted octanol–water partition coefficient (Wildman–Crippen LogP) is 3.90. The molecule has 0 bridgehead atoms. The molecule has 144 valence electrons. The third-order valence-electron chi connectivity index (χ3n) is 6.68. The van der Waals surface area contributed by atoms with E-state index in [1.165, 1.54) is 50.0 Å². The van der Waals surface area contributed by atoms with Gasteiger partial charge in [0.05, 0.1) is 17.4 Å². The molecule has 1 aliphatic carbocycles. The summed E-state index contributed by atoms with van der Waals surface area (Å²) in [6, 6.07) is 4.37. The van der Waals surface area contributed by atoms with Gasteiger partial charge in [0, 0.05) is 36.7 Å². The molecule has 4 aromatic rings. The molecule has 28 heavy (non-hydrogen) atoms. The maximum absolute atomic E-state index is 4.97. The number of nitrogens with one attached hydrogen (secondary N) is 1. The molecule has 2 fully saturated rings. The Hall–Kier alpha value is -2.25. The minimum atomic E-state index is 0.525. The topological polar surface area (TPSA) is 60.0 Å². The Balaban J connectivity index is 1.32. The number of hydrogen-bond acceptors (Lipinski definition) is 5. The van der Waals surface area contributed by atoms with E-state index in [4.69, 9.17) is 10.1 Å². The molecule has 6 rings (SSSR count). The second kappa shape index (κ2) is 5.87. The van der Waals surface area contributed by atoms with Gasteiger partial charge in [0.2, 0.25) is 4.96 Å². The van der Waals surface area contributed by atoms with Crippen molar-refractivity contribution in [2.45, 2.75) is 38.5 Å². The number of nitrogens with zero attached hydrogens (tertiary/aromatic N) is 5. The van der Waals surface area contributed by atoms with Crippen LogP contribution in [-0.2, 0) is 7.05 Å². The second-order valence-electron chi connectivity index (χ2n) is 8.70. The van der Waals surface area contributed by atoms with E-state index in [1.807, 2.05) is 16.2 Å². The van der Waals surface area contributed by atoms with E-state index in [0.29, 0.717) is 11.3 Å². The van der Waals surface area contributed by atoms with Crippen molar-refractivity contribution in [3.63, 3.8) is 0 Å². The van der Waals surface area contributed by atoms with Crippen LogP contribution in [0.4, 0.5) is 0 Å². The standard InChI is InChI=1S/C21H24N6S/c1-13-7-15(8-16-10-26(2)24-18(13)16)19-25-27-11-17(23-20(27)28-19)14-3-4-21(9-14)5-6-22-12-21/h7-8,10-11,14,22H,3-6,9,12H2,1-2H3/t14-,21+/m0/s1. The molecule has 2 aliphatic rings. The van der Waals surface area contributed by atoms with Gasteiger partial charge in [-0.3, -0.25) is 4.68 Å². The van der Waals surface area contributed by atoms with E-state index in [0.717, 1.165) is 26.4 Å². The lowest BCUT2D eigenvalue weighted by Gasteiger charge is -2.21. The highest BCUT2D eigenvalue weighted by atomic mass is 32.1. The number of aryl methyl sites for hydroxylation is 2. The molecule has 2 atom stereocenters. The van der Waals surface area contributed by atoms with Crippen LogP contribution in [0, 0.1) is 12.3 Å². The van der Waals surface area contributed by atoms with E-state index in [-0.39, 0.29) is 0 Å². The lowest BCUT2D eigenvalue weighted by atomic mass is 9.84. The minimum Gasteiger partial charge on any atom is -0.316 e. The van der Waals surface area contributed by atoms with Gasteiger partial charge in [-0.05, 0) is 62.3 Å². The fourth-order valence-corrected chi connectivity index (χ4v) is 6.10. The van der Waals surface area contributed by atoms with Crippen molar-refractivity contribution < 1.29 is 0 Å². The molecule has 1 saturated heterocycles. The third-order valence-corrected chi connectivity index (χ3v) is 7.65. The van der Waals surface area contributed by atoms with Crippen molar-refractivity contribution in [3.05, 3.63) is 35.8 Å². The summed E-state index contributed by atoms with van der Waals surface area (Å²) in [5, 5.41) is 15.1. The Kier molecular flexibility index (Phi) is 3.50. The average molecular weight is 393 g/mol. The Morgan fingerprint density at radius 2 is 2.14 bits per heavy atom. The van der Waals surface area contributed by atoms with Crippen molar-refractivity contribution in [2.24, 2.45) is 12.5 Å². The molecule has 1 spiro atoms. The van der Waals surface area contributed by atoms with Crippen LogP contribution in [0.5, 0.6) is 0 Å². The first kappa shape index (κ1) is 16.7. The second-order valence-corrected chi connectivity index (χ2v) is 9.66. The van der Waals surface area contributed by atoms with Crippen molar-refractivity contribution in [1.29, 1.82) is 0 Å². The highest BCUT2D eigenvalue weighted by Crippen LogP contribution is 2.49. The van der Waals surface area contributed by atoms with Crippen LogP contribution in [-0.4, -0.2) is 37.5 Å². The molecule has 1 saturated carbocycles. The van der Waals surface area contributed by atoms with Gasteiger partial charge in [-0.15, -0.1) is 0 Å². The largest absolute Gasteiger partial charge is 0.316 e. The summed E-state index contributed by atoms with van der Waals surface area (Å²) < 4.78 is 3.85. The molecular formula is C21H24N6S. The van der Waals surface area contributed by atoms with Crippen molar-refractivity contribution >= 4 is 27.2 Å². The highest BCUT2D eigenvalue weighted by molar-refractivity contribution is 7.19. The van der Waals surface area contributed by atoms with E-state index in [9.17, 15) is 0 Å². The summed E-state index contributed by atoms with van der Waals surface area (Å²) in [6.45, 7) is 4.48. The quantitative estimate of drug-likeness (QED) is 0.562. The summed E-state index contributed by atoms with van der Waals surface area (Å²) in [4.78, 5) is 5.97.